The van der Waals surface area contributed by atoms with Gasteiger partial charge in [-0.3, -0.25) is 0 Å². The smallest absolute Gasteiger partial charge is 0.0623 e. The highest BCUT2D eigenvalue weighted by Gasteiger charge is 2.46. The first-order valence-electron chi connectivity index (χ1n) is 9.08. The Labute approximate surface area is 159 Å². The maximum absolute atomic E-state index is 5.69. The van der Waals surface area contributed by atoms with E-state index >= 15 is 0 Å². The predicted octanol–water partition coefficient (Wildman–Crippen LogP) is 3.65. The van der Waals surface area contributed by atoms with Crippen LogP contribution in [0.15, 0.2) is 28.7 Å². The lowest BCUT2D eigenvalue weighted by Gasteiger charge is -2.33. The van der Waals surface area contributed by atoms with E-state index in [4.69, 9.17) is 4.74 Å². The minimum absolute atomic E-state index is 0. The van der Waals surface area contributed by atoms with E-state index in [1.54, 1.807) is 0 Å². The number of morpholine rings is 1. The fourth-order valence-electron chi connectivity index (χ4n) is 4.49. The summed E-state index contributed by atoms with van der Waals surface area (Å²) in [6.07, 6.45) is 6.62. The second-order valence-electron chi connectivity index (χ2n) is 7.48. The molecule has 0 amide bonds. The monoisotopic (exact) mass is 414 g/mol. The average molecular weight is 416 g/mol. The van der Waals surface area contributed by atoms with Crippen LogP contribution in [0.5, 0.6) is 0 Å². The largest absolute Gasteiger partial charge is 0.379 e. The van der Waals surface area contributed by atoms with Crippen molar-refractivity contribution >= 4 is 28.3 Å². The van der Waals surface area contributed by atoms with E-state index in [2.05, 4.69) is 50.8 Å². The van der Waals surface area contributed by atoms with Gasteiger partial charge >= 0.3 is 0 Å². The third-order valence-electron chi connectivity index (χ3n) is 6.04. The molecule has 3 fully saturated rings. The Morgan fingerprint density at radius 3 is 2.79 bits per heavy atom. The molecule has 2 N–H and O–H groups in total. The molecule has 5 heteroatoms. The molecule has 0 aromatic heterocycles. The van der Waals surface area contributed by atoms with Crippen molar-refractivity contribution in [2.24, 2.45) is 5.92 Å². The molecule has 1 heterocycles. The highest BCUT2D eigenvalue weighted by atomic mass is 79.9. The lowest BCUT2D eigenvalue weighted by atomic mass is 9.91. The van der Waals surface area contributed by atoms with E-state index < -0.39 is 0 Å². The van der Waals surface area contributed by atoms with E-state index in [-0.39, 0.29) is 12.4 Å². The molecule has 3 unspecified atom stereocenters. The zero-order valence-electron chi connectivity index (χ0n) is 14.1. The van der Waals surface area contributed by atoms with Gasteiger partial charge in [-0.2, -0.15) is 0 Å². The van der Waals surface area contributed by atoms with Crippen molar-refractivity contribution in [2.75, 3.05) is 26.3 Å². The number of halogens is 2. The number of hydrogen-bond donors (Lipinski definition) is 2. The van der Waals surface area contributed by atoms with E-state index in [0.717, 1.165) is 32.2 Å². The molecule has 24 heavy (non-hydrogen) atoms. The van der Waals surface area contributed by atoms with Gasteiger partial charge in [0.1, 0.15) is 0 Å². The van der Waals surface area contributed by atoms with Crippen LogP contribution in [-0.4, -0.2) is 38.4 Å². The number of hydrogen-bond acceptors (Lipinski definition) is 3. The maximum atomic E-state index is 5.69. The minimum atomic E-state index is 0. The zero-order valence-corrected chi connectivity index (χ0v) is 16.5. The highest BCUT2D eigenvalue weighted by Crippen LogP contribution is 2.50. The molecule has 3 aliphatic rings. The molecule has 3 atom stereocenters. The Balaban J connectivity index is 0.00000169. The molecular formula is C19H28BrClN2O. The van der Waals surface area contributed by atoms with Crippen LogP contribution < -0.4 is 10.6 Å². The van der Waals surface area contributed by atoms with Crippen LogP contribution in [0.25, 0.3) is 0 Å². The van der Waals surface area contributed by atoms with E-state index in [1.165, 1.54) is 42.1 Å². The topological polar surface area (TPSA) is 33.3 Å². The number of ether oxygens (including phenoxy) is 1. The lowest BCUT2D eigenvalue weighted by molar-refractivity contribution is 0.0524. The van der Waals surface area contributed by atoms with Crippen molar-refractivity contribution in [1.29, 1.82) is 0 Å². The summed E-state index contributed by atoms with van der Waals surface area (Å²) in [4.78, 5) is 0. The third kappa shape index (κ3) is 3.83. The molecule has 1 aliphatic heterocycles. The van der Waals surface area contributed by atoms with Gasteiger partial charge < -0.3 is 15.4 Å². The molecule has 0 spiro atoms. The Hall–Kier alpha value is -0.130. The van der Waals surface area contributed by atoms with Gasteiger partial charge in [-0.05, 0) is 43.2 Å². The first-order valence-corrected chi connectivity index (χ1v) is 9.87. The summed E-state index contributed by atoms with van der Waals surface area (Å²) in [7, 11) is 0. The SMILES string of the molecule is Brc1ccccc1C1(CNC2CCCC2C2COCCN2)CC1.Cl. The van der Waals surface area contributed by atoms with Crippen LogP contribution in [0.4, 0.5) is 0 Å². The minimum Gasteiger partial charge on any atom is -0.379 e. The molecule has 3 nitrogen and oxygen atoms in total. The van der Waals surface area contributed by atoms with Gasteiger partial charge in [0, 0.05) is 35.1 Å². The lowest BCUT2D eigenvalue weighted by Crippen LogP contribution is -2.51. The van der Waals surface area contributed by atoms with Gasteiger partial charge in [-0.1, -0.05) is 40.5 Å². The Kier molecular flexibility index (Phi) is 6.25. The molecular weight excluding hydrogens is 388 g/mol. The summed E-state index contributed by atoms with van der Waals surface area (Å²) in [5, 5.41) is 7.61. The molecule has 4 rings (SSSR count). The number of nitrogens with one attached hydrogen (secondary N) is 2. The Morgan fingerprint density at radius 2 is 2.08 bits per heavy atom. The first-order chi connectivity index (χ1) is 11.3. The molecule has 1 saturated heterocycles. The summed E-state index contributed by atoms with van der Waals surface area (Å²) in [6.45, 7) is 3.88. The third-order valence-corrected chi connectivity index (χ3v) is 6.73. The van der Waals surface area contributed by atoms with Gasteiger partial charge in [0.15, 0.2) is 0 Å². The van der Waals surface area contributed by atoms with Crippen molar-refractivity contribution < 1.29 is 4.74 Å². The zero-order chi connectivity index (χ0) is 15.7. The van der Waals surface area contributed by atoms with Crippen molar-refractivity contribution in [3.05, 3.63) is 34.3 Å². The summed E-state index contributed by atoms with van der Waals surface area (Å²) < 4.78 is 6.96. The van der Waals surface area contributed by atoms with Crippen LogP contribution in [0.1, 0.15) is 37.7 Å². The van der Waals surface area contributed by atoms with Gasteiger partial charge in [0.05, 0.1) is 13.2 Å². The van der Waals surface area contributed by atoms with Gasteiger partial charge in [0.25, 0.3) is 0 Å². The number of rotatable bonds is 5. The fraction of sp³-hybridized carbons (Fsp3) is 0.684. The molecule has 0 radical (unpaired) electrons. The first kappa shape index (κ1) is 18.7. The van der Waals surface area contributed by atoms with Crippen molar-refractivity contribution in [3.8, 4) is 0 Å². The molecule has 1 aromatic carbocycles. The predicted molar refractivity (Wildman–Crippen MR) is 104 cm³/mol. The van der Waals surface area contributed by atoms with Crippen molar-refractivity contribution in [1.82, 2.24) is 10.6 Å². The van der Waals surface area contributed by atoms with Gasteiger partial charge in [-0.15, -0.1) is 12.4 Å². The molecule has 134 valence electrons. The molecule has 0 bridgehead atoms. The summed E-state index contributed by atoms with van der Waals surface area (Å²) >= 11 is 3.75. The highest BCUT2D eigenvalue weighted by molar-refractivity contribution is 9.10. The van der Waals surface area contributed by atoms with Crippen molar-refractivity contribution in [3.63, 3.8) is 0 Å². The van der Waals surface area contributed by atoms with Crippen LogP contribution in [0.2, 0.25) is 0 Å². The summed E-state index contributed by atoms with van der Waals surface area (Å²) in [6, 6.07) is 9.94. The quantitative estimate of drug-likeness (QED) is 0.770. The van der Waals surface area contributed by atoms with Crippen LogP contribution >= 0.6 is 28.3 Å². The maximum Gasteiger partial charge on any atom is 0.0623 e. The standard InChI is InChI=1S/C19H27BrN2O.ClH/c20-16-6-2-1-5-15(16)19(8-9-19)13-22-17-7-3-4-14(17)18-12-23-11-10-21-18;/h1-2,5-6,14,17-18,21-22H,3-4,7-13H2;1H. The van der Waals surface area contributed by atoms with Crippen LogP contribution in [-0.2, 0) is 10.2 Å². The van der Waals surface area contributed by atoms with E-state index in [0.29, 0.717) is 17.5 Å². The Bertz CT molecular complexity index is 546. The Morgan fingerprint density at radius 1 is 1.25 bits per heavy atom. The van der Waals surface area contributed by atoms with E-state index in [1.807, 2.05) is 0 Å². The summed E-state index contributed by atoms with van der Waals surface area (Å²) in [5.41, 5.74) is 1.85. The molecule has 2 saturated carbocycles. The van der Waals surface area contributed by atoms with Crippen LogP contribution in [0, 0.1) is 5.92 Å². The molecule has 2 aliphatic carbocycles. The summed E-state index contributed by atoms with van der Waals surface area (Å²) in [5.74, 6) is 0.727. The van der Waals surface area contributed by atoms with Gasteiger partial charge in [-0.25, -0.2) is 0 Å². The van der Waals surface area contributed by atoms with Crippen molar-refractivity contribution in [2.45, 2.75) is 49.6 Å². The fourth-order valence-corrected chi connectivity index (χ4v) is 5.20. The normalized spacial score (nSPS) is 31.5. The van der Waals surface area contributed by atoms with E-state index in [9.17, 15) is 0 Å². The van der Waals surface area contributed by atoms with Gasteiger partial charge in [0.2, 0.25) is 0 Å². The second kappa shape index (κ2) is 8.05. The number of benzene rings is 1. The van der Waals surface area contributed by atoms with Crippen LogP contribution in [0.3, 0.4) is 0 Å². The molecule has 1 aromatic rings. The average Bonchev–Trinajstić information content (AvgIpc) is 3.23. The second-order valence-corrected chi connectivity index (χ2v) is 8.33.